The minimum Gasteiger partial charge on any atom is -0.379 e. The van der Waals surface area contributed by atoms with Gasteiger partial charge in [-0.1, -0.05) is 32.1 Å². The monoisotopic (exact) mass is 336 g/mol. The van der Waals surface area contributed by atoms with Crippen molar-refractivity contribution in [3.8, 4) is 0 Å². The maximum absolute atomic E-state index is 5.44. The molecular formula is C19H36N4O. The second-order valence-corrected chi connectivity index (χ2v) is 7.77. The first-order valence-corrected chi connectivity index (χ1v) is 10.1. The molecule has 0 spiro atoms. The third-order valence-corrected chi connectivity index (χ3v) is 5.94. The van der Waals surface area contributed by atoms with Gasteiger partial charge in [0.05, 0.1) is 19.8 Å². The number of hydrogen-bond donors (Lipinski definition) is 2. The van der Waals surface area contributed by atoms with Crippen molar-refractivity contribution in [3.63, 3.8) is 0 Å². The Kier molecular flexibility index (Phi) is 6.78. The molecule has 3 rings (SSSR count). The Morgan fingerprint density at radius 2 is 1.96 bits per heavy atom. The van der Waals surface area contributed by atoms with E-state index in [4.69, 9.17) is 9.73 Å². The lowest BCUT2D eigenvalue weighted by Gasteiger charge is -2.31. The molecule has 1 saturated heterocycles. The number of morpholine rings is 1. The average molecular weight is 337 g/mol. The van der Waals surface area contributed by atoms with Crippen LogP contribution in [0, 0.1) is 11.8 Å². The lowest BCUT2D eigenvalue weighted by Crippen LogP contribution is -2.45. The Morgan fingerprint density at radius 1 is 1.21 bits per heavy atom. The molecule has 0 aromatic rings. The fourth-order valence-corrected chi connectivity index (χ4v) is 4.32. The van der Waals surface area contributed by atoms with E-state index in [2.05, 4.69) is 29.4 Å². The van der Waals surface area contributed by atoms with Crippen LogP contribution >= 0.6 is 0 Å². The molecule has 3 atom stereocenters. The van der Waals surface area contributed by atoms with E-state index < -0.39 is 0 Å². The molecule has 3 unspecified atom stereocenters. The van der Waals surface area contributed by atoms with Crippen molar-refractivity contribution in [2.24, 2.45) is 16.8 Å². The van der Waals surface area contributed by atoms with E-state index in [0.717, 1.165) is 57.2 Å². The van der Waals surface area contributed by atoms with Crippen molar-refractivity contribution in [3.05, 3.63) is 0 Å². The second-order valence-electron chi connectivity index (χ2n) is 7.77. The quantitative estimate of drug-likeness (QED) is 0.577. The van der Waals surface area contributed by atoms with E-state index in [1.807, 2.05) is 0 Å². The zero-order valence-electron chi connectivity index (χ0n) is 15.6. The van der Waals surface area contributed by atoms with Crippen molar-refractivity contribution in [1.29, 1.82) is 0 Å². The summed E-state index contributed by atoms with van der Waals surface area (Å²) in [4.78, 5) is 7.34. The van der Waals surface area contributed by atoms with E-state index in [9.17, 15) is 0 Å². The third-order valence-electron chi connectivity index (χ3n) is 5.94. The van der Waals surface area contributed by atoms with Gasteiger partial charge in [0, 0.05) is 31.7 Å². The van der Waals surface area contributed by atoms with Gasteiger partial charge in [-0.25, -0.2) is 0 Å². The van der Waals surface area contributed by atoms with Crippen molar-refractivity contribution in [1.82, 2.24) is 15.5 Å². The molecule has 2 N–H and O–H groups in total. The molecule has 138 valence electrons. The number of hydrogen-bond acceptors (Lipinski definition) is 3. The Labute approximate surface area is 147 Å². The Bertz CT molecular complexity index is 402. The van der Waals surface area contributed by atoms with E-state index in [-0.39, 0.29) is 0 Å². The molecule has 2 aliphatic carbocycles. The number of ether oxygens (including phenoxy) is 1. The van der Waals surface area contributed by atoms with Gasteiger partial charge >= 0.3 is 0 Å². The van der Waals surface area contributed by atoms with Gasteiger partial charge in [0.1, 0.15) is 0 Å². The summed E-state index contributed by atoms with van der Waals surface area (Å²) in [5, 5.41) is 7.12. The fraction of sp³-hybridized carbons (Fsp3) is 0.947. The van der Waals surface area contributed by atoms with Gasteiger partial charge in [-0.15, -0.1) is 0 Å². The number of aliphatic imine (C=N–C) groups is 1. The number of guanidine groups is 1. The summed E-state index contributed by atoms with van der Waals surface area (Å²) in [7, 11) is 0. The zero-order valence-corrected chi connectivity index (χ0v) is 15.6. The largest absolute Gasteiger partial charge is 0.379 e. The second kappa shape index (κ2) is 9.04. The Hall–Kier alpha value is -0.810. The summed E-state index contributed by atoms with van der Waals surface area (Å²) in [6, 6.07) is 1.14. The van der Waals surface area contributed by atoms with Crippen LogP contribution in [0.4, 0.5) is 0 Å². The van der Waals surface area contributed by atoms with Crippen LogP contribution < -0.4 is 10.6 Å². The molecule has 0 amide bonds. The summed E-state index contributed by atoms with van der Waals surface area (Å²) in [6.45, 7) is 10.00. The summed E-state index contributed by atoms with van der Waals surface area (Å²) >= 11 is 0. The van der Waals surface area contributed by atoms with Gasteiger partial charge in [-0.2, -0.15) is 0 Å². The minimum absolute atomic E-state index is 0.484. The van der Waals surface area contributed by atoms with E-state index in [1.54, 1.807) is 0 Å². The van der Waals surface area contributed by atoms with Gasteiger partial charge < -0.3 is 15.4 Å². The normalized spacial score (nSPS) is 30.8. The van der Waals surface area contributed by atoms with Crippen LogP contribution in [0.3, 0.4) is 0 Å². The number of rotatable bonds is 6. The first-order valence-electron chi connectivity index (χ1n) is 10.1. The summed E-state index contributed by atoms with van der Waals surface area (Å²) in [5.74, 6) is 2.87. The highest BCUT2D eigenvalue weighted by molar-refractivity contribution is 5.80. The Morgan fingerprint density at radius 3 is 2.67 bits per heavy atom. The van der Waals surface area contributed by atoms with Gasteiger partial charge in [0.15, 0.2) is 5.96 Å². The first kappa shape index (κ1) is 18.0. The molecule has 0 aromatic heterocycles. The molecule has 5 nitrogen and oxygen atoms in total. The van der Waals surface area contributed by atoms with Crippen LogP contribution in [0.2, 0.25) is 0 Å². The van der Waals surface area contributed by atoms with Crippen molar-refractivity contribution >= 4 is 5.96 Å². The van der Waals surface area contributed by atoms with Gasteiger partial charge in [-0.3, -0.25) is 9.89 Å². The topological polar surface area (TPSA) is 48.9 Å². The number of nitrogens with zero attached hydrogens (tertiary/aromatic N) is 2. The molecule has 0 radical (unpaired) electrons. The smallest absolute Gasteiger partial charge is 0.191 e. The average Bonchev–Trinajstić information content (AvgIpc) is 3.40. The summed E-state index contributed by atoms with van der Waals surface area (Å²) in [5.41, 5.74) is 0. The van der Waals surface area contributed by atoms with Gasteiger partial charge in [0.2, 0.25) is 0 Å². The summed E-state index contributed by atoms with van der Waals surface area (Å²) in [6.07, 6.45) is 8.58. The predicted octanol–water partition coefficient (Wildman–Crippen LogP) is 2.23. The van der Waals surface area contributed by atoms with Crippen LogP contribution in [0.15, 0.2) is 4.99 Å². The van der Waals surface area contributed by atoms with Crippen molar-refractivity contribution in [2.75, 3.05) is 39.4 Å². The van der Waals surface area contributed by atoms with Crippen LogP contribution in [-0.2, 0) is 4.74 Å². The minimum atomic E-state index is 0.484. The molecule has 1 heterocycles. The molecule has 0 aromatic carbocycles. The highest BCUT2D eigenvalue weighted by Gasteiger charge is 2.43. The highest BCUT2D eigenvalue weighted by Crippen LogP contribution is 2.44. The summed E-state index contributed by atoms with van der Waals surface area (Å²) < 4.78 is 5.44. The molecular weight excluding hydrogens is 300 g/mol. The van der Waals surface area contributed by atoms with Crippen LogP contribution in [0.1, 0.15) is 52.4 Å². The van der Waals surface area contributed by atoms with Crippen molar-refractivity contribution < 1.29 is 4.74 Å². The molecule has 3 fully saturated rings. The highest BCUT2D eigenvalue weighted by atomic mass is 16.5. The van der Waals surface area contributed by atoms with Crippen molar-refractivity contribution in [2.45, 2.75) is 64.5 Å². The first-order chi connectivity index (χ1) is 11.8. The van der Waals surface area contributed by atoms with E-state index in [1.165, 1.54) is 38.5 Å². The van der Waals surface area contributed by atoms with E-state index >= 15 is 0 Å². The third kappa shape index (κ3) is 5.09. The fourth-order valence-electron chi connectivity index (χ4n) is 4.32. The lowest BCUT2D eigenvalue weighted by molar-refractivity contribution is 0.0220. The predicted molar refractivity (Wildman–Crippen MR) is 99.4 cm³/mol. The molecule has 24 heavy (non-hydrogen) atoms. The Balaban J connectivity index is 1.45. The standard InChI is InChI=1S/C19H36N4O/c1-3-20-19(21-14-15(2)23-9-11-24-12-10-23)22-18-13-17(18)16-7-5-4-6-8-16/h15-18H,3-14H2,1-2H3,(H2,20,21,22). The van der Waals surface area contributed by atoms with Gasteiger partial charge in [-0.05, 0) is 32.1 Å². The van der Waals surface area contributed by atoms with E-state index in [0.29, 0.717) is 12.1 Å². The number of nitrogens with one attached hydrogen (secondary N) is 2. The van der Waals surface area contributed by atoms with Crippen LogP contribution in [0.5, 0.6) is 0 Å². The molecule has 0 bridgehead atoms. The molecule has 1 aliphatic heterocycles. The molecule has 2 saturated carbocycles. The SMILES string of the molecule is CCNC(=NCC(C)N1CCOCC1)NC1CC1C1CCCCC1. The van der Waals surface area contributed by atoms with Crippen LogP contribution in [0.25, 0.3) is 0 Å². The maximum Gasteiger partial charge on any atom is 0.191 e. The molecule has 5 heteroatoms. The maximum atomic E-state index is 5.44. The lowest BCUT2D eigenvalue weighted by atomic mass is 9.85. The molecule has 3 aliphatic rings. The van der Waals surface area contributed by atoms with Crippen LogP contribution in [-0.4, -0.2) is 62.3 Å². The van der Waals surface area contributed by atoms with Gasteiger partial charge in [0.25, 0.3) is 0 Å². The zero-order chi connectivity index (χ0) is 16.8.